The van der Waals surface area contributed by atoms with E-state index in [0.717, 1.165) is 77.0 Å². The normalized spacial score (nSPS) is 13.2. The number of carboxylic acid groups (broad SMARTS) is 1. The number of carbonyl (C=O) groups is 3. The van der Waals surface area contributed by atoms with Crippen molar-refractivity contribution >= 4 is 17.9 Å². The molecule has 0 aliphatic heterocycles. The van der Waals surface area contributed by atoms with Gasteiger partial charge in [-0.1, -0.05) is 374 Å². The van der Waals surface area contributed by atoms with Gasteiger partial charge in [0, 0.05) is 12.8 Å². The number of hydrogen-bond acceptors (Lipinski definition) is 7. The summed E-state index contributed by atoms with van der Waals surface area (Å²) in [5.41, 5.74) is 0. The van der Waals surface area contributed by atoms with Crippen molar-refractivity contribution in [3.05, 3.63) is 109 Å². The summed E-state index contributed by atoms with van der Waals surface area (Å²) in [6, 6.07) is 0. The van der Waals surface area contributed by atoms with E-state index in [1.54, 1.807) is 0 Å². The molecule has 0 aliphatic rings. The molecule has 0 fully saturated rings. The number of ether oxygens (including phenoxy) is 4. The molecule has 9 heteroatoms. The van der Waals surface area contributed by atoms with E-state index in [9.17, 15) is 19.5 Å². The fourth-order valence-electron chi connectivity index (χ4n) is 11.3. The molecule has 0 amide bonds. The van der Waals surface area contributed by atoms with Crippen molar-refractivity contribution in [1.82, 2.24) is 0 Å². The highest BCUT2D eigenvalue weighted by Gasteiger charge is 2.25. The zero-order valence-electron chi connectivity index (χ0n) is 62.1. The Kier molecular flexibility index (Phi) is 71.5. The third-order valence-corrected chi connectivity index (χ3v) is 17.3. The smallest absolute Gasteiger partial charge is 0.361 e. The Bertz CT molecular complexity index is 1920. The number of likely N-dealkylation sites (N-methyl/N-ethyl adjacent to an activating group) is 1. The van der Waals surface area contributed by atoms with Crippen molar-refractivity contribution in [3.63, 3.8) is 0 Å². The first kappa shape index (κ1) is 90.0. The Morgan fingerprint density at radius 1 is 0.330 bits per heavy atom. The van der Waals surface area contributed by atoms with E-state index in [2.05, 4.69) is 123 Å². The summed E-state index contributed by atoms with van der Waals surface area (Å²) >= 11 is 0. The number of esters is 2. The summed E-state index contributed by atoms with van der Waals surface area (Å²) in [5.74, 6) is -2.08. The number of allylic oxidation sites excluding steroid dienone is 18. The van der Waals surface area contributed by atoms with Gasteiger partial charge in [0.2, 0.25) is 0 Å². The minimum Gasteiger partial charge on any atom is -0.477 e. The van der Waals surface area contributed by atoms with Gasteiger partial charge >= 0.3 is 17.9 Å². The lowest BCUT2D eigenvalue weighted by Gasteiger charge is -2.25. The topological polar surface area (TPSA) is 108 Å². The van der Waals surface area contributed by atoms with Gasteiger partial charge in [-0.15, -0.1) is 0 Å². The summed E-state index contributed by atoms with van der Waals surface area (Å²) in [4.78, 5) is 37.7. The molecule has 0 aromatic carbocycles. The molecule has 2 unspecified atom stereocenters. The van der Waals surface area contributed by atoms with Crippen LogP contribution in [0.2, 0.25) is 0 Å². The standard InChI is InChI=1S/C85H149NO8/c1-6-8-10-12-14-16-18-20-22-24-26-28-30-32-34-36-37-38-39-40-41-42-43-44-45-46-48-49-51-53-55-57-59-61-63-65-67-69-71-73-75-82(87)92-79-81(80-93-85(84(89)90)91-78-77-86(3,4)5)94-83(88)76-74-72-70-68-66-64-62-60-58-56-54-52-50-47-35-33-31-29-27-25-23-21-19-17-15-13-11-9-7-2/h9,11,15,17,21,23,27,29,33,35,50,52,56,58,62,64,68,70,81,85H,6-8,10,12-14,16,18-20,22,24-26,28,30-32,34,36-49,51,53-55,57,59-61,63,65-67,69,71-80H2,1-5H3/p+1/b11-9-,17-15-,23-21-,29-27-,35-33-,52-50-,58-56-,64-62-,70-68-. The second kappa shape index (κ2) is 74.7. The molecule has 0 rings (SSSR count). The van der Waals surface area contributed by atoms with Gasteiger partial charge in [0.05, 0.1) is 34.4 Å². The molecule has 0 bridgehead atoms. The Morgan fingerprint density at radius 3 is 0.894 bits per heavy atom. The first-order valence-electron chi connectivity index (χ1n) is 39.6. The lowest BCUT2D eigenvalue weighted by molar-refractivity contribution is -0.870. The molecule has 542 valence electrons. The van der Waals surface area contributed by atoms with Gasteiger partial charge in [-0.2, -0.15) is 0 Å². The van der Waals surface area contributed by atoms with E-state index in [1.165, 1.54) is 238 Å². The van der Waals surface area contributed by atoms with Crippen LogP contribution >= 0.6 is 0 Å². The largest absolute Gasteiger partial charge is 0.477 e. The molecule has 0 heterocycles. The van der Waals surface area contributed by atoms with Crippen molar-refractivity contribution in [2.24, 2.45) is 0 Å². The molecule has 94 heavy (non-hydrogen) atoms. The van der Waals surface area contributed by atoms with Gasteiger partial charge in [-0.05, 0) is 77.0 Å². The molecule has 0 aromatic rings. The van der Waals surface area contributed by atoms with Crippen molar-refractivity contribution in [2.45, 2.75) is 367 Å². The van der Waals surface area contributed by atoms with Crippen LogP contribution in [-0.4, -0.2) is 87.4 Å². The van der Waals surface area contributed by atoms with Gasteiger partial charge < -0.3 is 28.5 Å². The highest BCUT2D eigenvalue weighted by molar-refractivity contribution is 5.71. The molecule has 0 saturated heterocycles. The Balaban J connectivity index is 4.06. The molecule has 1 N–H and O–H groups in total. The van der Waals surface area contributed by atoms with Gasteiger partial charge in [0.1, 0.15) is 13.2 Å². The molecule has 0 aliphatic carbocycles. The van der Waals surface area contributed by atoms with Crippen LogP contribution in [0.25, 0.3) is 0 Å². The van der Waals surface area contributed by atoms with Crippen LogP contribution in [0.1, 0.15) is 354 Å². The number of quaternary nitrogens is 1. The summed E-state index contributed by atoms with van der Waals surface area (Å²) in [5, 5.41) is 9.76. The maximum Gasteiger partial charge on any atom is 0.361 e. The summed E-state index contributed by atoms with van der Waals surface area (Å²) in [6.45, 7) is 4.73. The molecular formula is C85H150NO8+. The monoisotopic (exact) mass is 1310 g/mol. The van der Waals surface area contributed by atoms with E-state index in [4.69, 9.17) is 18.9 Å². The number of unbranched alkanes of at least 4 members (excludes halogenated alkanes) is 40. The number of carboxylic acids is 1. The molecule has 0 aromatic heterocycles. The lowest BCUT2D eigenvalue weighted by Crippen LogP contribution is -2.40. The fraction of sp³-hybridized carbons (Fsp3) is 0.753. The van der Waals surface area contributed by atoms with E-state index >= 15 is 0 Å². The van der Waals surface area contributed by atoms with Crippen LogP contribution < -0.4 is 0 Å². The van der Waals surface area contributed by atoms with Gasteiger partial charge in [0.25, 0.3) is 6.29 Å². The fourth-order valence-corrected chi connectivity index (χ4v) is 11.3. The van der Waals surface area contributed by atoms with Crippen LogP contribution in [-0.2, 0) is 33.3 Å². The molecule has 2 atom stereocenters. The van der Waals surface area contributed by atoms with Gasteiger partial charge in [0.15, 0.2) is 6.10 Å². The van der Waals surface area contributed by atoms with E-state index < -0.39 is 24.3 Å². The van der Waals surface area contributed by atoms with Crippen molar-refractivity contribution in [1.29, 1.82) is 0 Å². The maximum absolute atomic E-state index is 12.9. The first-order chi connectivity index (χ1) is 46.1. The molecule has 0 radical (unpaired) electrons. The van der Waals surface area contributed by atoms with Crippen molar-refractivity contribution in [2.75, 3.05) is 47.5 Å². The van der Waals surface area contributed by atoms with Crippen LogP contribution in [0.3, 0.4) is 0 Å². The second-order valence-electron chi connectivity index (χ2n) is 27.7. The minimum absolute atomic E-state index is 0.172. The third kappa shape index (κ3) is 75.3. The zero-order chi connectivity index (χ0) is 68.2. The van der Waals surface area contributed by atoms with Gasteiger partial charge in [-0.25, -0.2) is 4.79 Å². The minimum atomic E-state index is -1.53. The summed E-state index contributed by atoms with van der Waals surface area (Å²) < 4.78 is 22.9. The number of aliphatic carboxylic acids is 1. The van der Waals surface area contributed by atoms with E-state index in [0.29, 0.717) is 23.9 Å². The molecule has 9 nitrogen and oxygen atoms in total. The van der Waals surface area contributed by atoms with E-state index in [1.807, 2.05) is 21.1 Å². The highest BCUT2D eigenvalue weighted by atomic mass is 16.7. The summed E-state index contributed by atoms with van der Waals surface area (Å²) in [6.07, 6.45) is 103. The maximum atomic E-state index is 12.9. The third-order valence-electron chi connectivity index (χ3n) is 17.3. The molecular weight excluding hydrogens is 1160 g/mol. The SMILES string of the molecule is CC/C=C\C/C=C\C/C=C\C/C=C\C/C=C\C/C=C\C/C=C\C/C=C\C/C=C\CCCC(=O)OC(COC(=O)CCCCCCCCCCCCCCCCCCCCCCCCCCCCCCCCCCCCCCCCCC)COC(OCC[N+](C)(C)C)C(=O)O. The van der Waals surface area contributed by atoms with Crippen LogP contribution in [0.15, 0.2) is 109 Å². The number of hydrogen-bond donors (Lipinski definition) is 1. The van der Waals surface area contributed by atoms with Crippen LogP contribution in [0, 0.1) is 0 Å². The predicted molar refractivity (Wildman–Crippen MR) is 405 cm³/mol. The molecule has 0 saturated carbocycles. The lowest BCUT2D eigenvalue weighted by atomic mass is 10.0. The van der Waals surface area contributed by atoms with Crippen molar-refractivity contribution < 1.29 is 42.9 Å². The Labute approximate surface area is 581 Å². The Morgan fingerprint density at radius 2 is 0.606 bits per heavy atom. The number of nitrogens with zero attached hydrogens (tertiary/aromatic N) is 1. The predicted octanol–water partition coefficient (Wildman–Crippen LogP) is 25.3. The average molecular weight is 1310 g/mol. The average Bonchev–Trinajstić information content (AvgIpc) is 3.72. The second-order valence-corrected chi connectivity index (χ2v) is 27.7. The number of carbonyl (C=O) groups excluding carboxylic acids is 2. The number of rotatable bonds is 73. The van der Waals surface area contributed by atoms with Crippen LogP contribution in [0.4, 0.5) is 0 Å². The van der Waals surface area contributed by atoms with Gasteiger partial charge in [-0.3, -0.25) is 9.59 Å². The first-order valence-corrected chi connectivity index (χ1v) is 39.6. The van der Waals surface area contributed by atoms with Crippen molar-refractivity contribution in [3.8, 4) is 0 Å². The van der Waals surface area contributed by atoms with E-state index in [-0.39, 0.29) is 38.6 Å². The molecule has 0 spiro atoms. The van der Waals surface area contributed by atoms with Crippen LogP contribution in [0.5, 0.6) is 0 Å². The zero-order valence-corrected chi connectivity index (χ0v) is 62.1. The summed E-state index contributed by atoms with van der Waals surface area (Å²) in [7, 11) is 5.96. The quantitative estimate of drug-likeness (QED) is 0.0211. The highest BCUT2D eigenvalue weighted by Crippen LogP contribution is 2.19. The Hall–Kier alpha value is -4.05.